The average molecular weight is 217 g/mol. The van der Waals surface area contributed by atoms with E-state index in [2.05, 4.69) is 17.4 Å². The van der Waals surface area contributed by atoms with Crippen molar-refractivity contribution in [2.24, 2.45) is 0 Å². The second-order valence-corrected chi connectivity index (χ2v) is 4.98. The van der Waals surface area contributed by atoms with E-state index >= 15 is 0 Å². The monoisotopic (exact) mass is 217 g/mol. The number of nitrogens with one attached hydrogen (secondary N) is 1. The van der Waals surface area contributed by atoms with Crippen molar-refractivity contribution >= 4 is 0 Å². The van der Waals surface area contributed by atoms with Crippen molar-refractivity contribution in [3.63, 3.8) is 0 Å². The van der Waals surface area contributed by atoms with Crippen LogP contribution in [0.1, 0.15) is 30.4 Å². The fourth-order valence-electron chi connectivity index (χ4n) is 3.14. The second kappa shape index (κ2) is 2.92. The Hall–Kier alpha value is -1.22. The molecule has 2 heterocycles. The maximum Gasteiger partial charge on any atom is 0.231 e. The molecule has 1 N–H and O–H groups in total. The first-order valence-corrected chi connectivity index (χ1v) is 6.05. The van der Waals surface area contributed by atoms with Crippen LogP contribution in [0.15, 0.2) is 12.1 Å². The highest BCUT2D eigenvalue weighted by atomic mass is 16.7. The molecule has 1 aromatic rings. The second-order valence-electron chi connectivity index (χ2n) is 4.98. The molecule has 1 saturated carbocycles. The van der Waals surface area contributed by atoms with Gasteiger partial charge in [-0.15, -0.1) is 0 Å². The SMILES string of the molecule is c1c2c(cc3c1OCO3)C1(CCC1)NCC2. The molecule has 0 radical (unpaired) electrons. The third kappa shape index (κ3) is 1.02. The van der Waals surface area contributed by atoms with Crippen molar-refractivity contribution in [2.45, 2.75) is 31.2 Å². The van der Waals surface area contributed by atoms with Crippen LogP contribution in [-0.2, 0) is 12.0 Å². The predicted molar refractivity (Wildman–Crippen MR) is 59.8 cm³/mol. The van der Waals surface area contributed by atoms with Gasteiger partial charge in [-0.25, -0.2) is 0 Å². The third-order valence-electron chi connectivity index (χ3n) is 4.18. The van der Waals surface area contributed by atoms with Gasteiger partial charge in [0.1, 0.15) is 0 Å². The molecule has 2 aliphatic heterocycles. The summed E-state index contributed by atoms with van der Waals surface area (Å²) in [5.41, 5.74) is 3.16. The van der Waals surface area contributed by atoms with E-state index in [9.17, 15) is 0 Å². The predicted octanol–water partition coefficient (Wildman–Crippen LogP) is 1.94. The molecule has 1 aliphatic carbocycles. The van der Waals surface area contributed by atoms with Crippen molar-refractivity contribution in [3.05, 3.63) is 23.3 Å². The van der Waals surface area contributed by atoms with E-state index < -0.39 is 0 Å². The van der Waals surface area contributed by atoms with E-state index in [1.807, 2.05) is 0 Å². The Labute approximate surface area is 94.7 Å². The fraction of sp³-hybridized carbons (Fsp3) is 0.538. The molecule has 1 spiro atoms. The minimum absolute atomic E-state index is 0.258. The largest absolute Gasteiger partial charge is 0.454 e. The molecule has 0 unspecified atom stereocenters. The summed E-state index contributed by atoms with van der Waals surface area (Å²) in [5.74, 6) is 1.85. The van der Waals surface area contributed by atoms with Crippen molar-refractivity contribution in [1.29, 1.82) is 0 Å². The fourth-order valence-corrected chi connectivity index (χ4v) is 3.14. The Kier molecular flexibility index (Phi) is 1.62. The first-order chi connectivity index (χ1) is 7.87. The van der Waals surface area contributed by atoms with Gasteiger partial charge in [-0.05, 0) is 48.9 Å². The van der Waals surface area contributed by atoms with Crippen molar-refractivity contribution in [3.8, 4) is 11.5 Å². The molecular weight excluding hydrogens is 202 g/mol. The van der Waals surface area contributed by atoms with Crippen LogP contribution < -0.4 is 14.8 Å². The van der Waals surface area contributed by atoms with Gasteiger partial charge in [0.05, 0.1) is 0 Å². The van der Waals surface area contributed by atoms with Crippen molar-refractivity contribution in [2.75, 3.05) is 13.3 Å². The molecule has 0 amide bonds. The van der Waals surface area contributed by atoms with E-state index in [0.29, 0.717) is 6.79 Å². The lowest BCUT2D eigenvalue weighted by atomic mass is 9.68. The first kappa shape index (κ1) is 8.88. The standard InChI is InChI=1S/C13H15NO2/c1-3-13(4-1)10-7-12-11(15-8-16-12)6-9(10)2-5-14-13/h6-7,14H,1-5,8H2. The molecule has 84 valence electrons. The number of rotatable bonds is 0. The number of hydrogen-bond acceptors (Lipinski definition) is 3. The Bertz CT molecular complexity index is 451. The summed E-state index contributed by atoms with van der Waals surface area (Å²) in [4.78, 5) is 0. The summed E-state index contributed by atoms with van der Waals surface area (Å²) in [6.07, 6.45) is 4.97. The van der Waals surface area contributed by atoms with Crippen LogP contribution in [0, 0.1) is 0 Å². The van der Waals surface area contributed by atoms with Gasteiger partial charge in [0.15, 0.2) is 11.5 Å². The van der Waals surface area contributed by atoms with Crippen LogP contribution in [0.2, 0.25) is 0 Å². The van der Waals surface area contributed by atoms with Gasteiger partial charge in [0.25, 0.3) is 0 Å². The Morgan fingerprint density at radius 3 is 2.69 bits per heavy atom. The minimum atomic E-state index is 0.258. The summed E-state index contributed by atoms with van der Waals surface area (Å²) in [5, 5.41) is 3.68. The summed E-state index contributed by atoms with van der Waals surface area (Å²) < 4.78 is 10.9. The summed E-state index contributed by atoms with van der Waals surface area (Å²) in [7, 11) is 0. The Balaban J connectivity index is 1.88. The van der Waals surface area contributed by atoms with E-state index in [1.165, 1.54) is 30.4 Å². The maximum absolute atomic E-state index is 5.48. The molecule has 4 rings (SSSR count). The zero-order valence-electron chi connectivity index (χ0n) is 9.21. The van der Waals surface area contributed by atoms with E-state index in [0.717, 1.165) is 24.5 Å². The van der Waals surface area contributed by atoms with Crippen LogP contribution in [-0.4, -0.2) is 13.3 Å². The van der Waals surface area contributed by atoms with Crippen molar-refractivity contribution < 1.29 is 9.47 Å². The number of hydrogen-bond donors (Lipinski definition) is 1. The topological polar surface area (TPSA) is 30.5 Å². The lowest BCUT2D eigenvalue weighted by Crippen LogP contribution is -2.51. The number of fused-ring (bicyclic) bond motifs is 3. The lowest BCUT2D eigenvalue weighted by Gasteiger charge is -2.47. The molecule has 3 heteroatoms. The van der Waals surface area contributed by atoms with Gasteiger partial charge in [0.2, 0.25) is 6.79 Å². The minimum Gasteiger partial charge on any atom is -0.454 e. The maximum atomic E-state index is 5.48. The molecule has 0 aromatic heterocycles. The van der Waals surface area contributed by atoms with Gasteiger partial charge >= 0.3 is 0 Å². The van der Waals surface area contributed by atoms with Gasteiger partial charge in [0, 0.05) is 12.1 Å². The quantitative estimate of drug-likeness (QED) is 0.720. The summed E-state index contributed by atoms with van der Waals surface area (Å²) in [6.45, 7) is 1.46. The molecule has 1 fully saturated rings. The van der Waals surface area contributed by atoms with Crippen LogP contribution in [0.25, 0.3) is 0 Å². The van der Waals surface area contributed by atoms with Crippen LogP contribution in [0.3, 0.4) is 0 Å². The number of benzene rings is 1. The van der Waals surface area contributed by atoms with Gasteiger partial charge in [-0.3, -0.25) is 0 Å². The number of ether oxygens (including phenoxy) is 2. The first-order valence-electron chi connectivity index (χ1n) is 6.05. The lowest BCUT2D eigenvalue weighted by molar-refractivity contribution is 0.171. The zero-order valence-corrected chi connectivity index (χ0v) is 9.21. The summed E-state index contributed by atoms with van der Waals surface area (Å²) >= 11 is 0. The van der Waals surface area contributed by atoms with E-state index in [1.54, 1.807) is 0 Å². The van der Waals surface area contributed by atoms with Gasteiger partial charge in [-0.1, -0.05) is 0 Å². The van der Waals surface area contributed by atoms with Crippen LogP contribution in [0.5, 0.6) is 11.5 Å². The third-order valence-corrected chi connectivity index (χ3v) is 4.18. The van der Waals surface area contributed by atoms with E-state index in [4.69, 9.17) is 9.47 Å². The Morgan fingerprint density at radius 2 is 1.94 bits per heavy atom. The van der Waals surface area contributed by atoms with E-state index in [-0.39, 0.29) is 5.54 Å². The molecule has 3 aliphatic rings. The summed E-state index contributed by atoms with van der Waals surface area (Å²) in [6, 6.07) is 4.38. The van der Waals surface area contributed by atoms with Gasteiger partial charge < -0.3 is 14.8 Å². The molecule has 0 atom stereocenters. The molecule has 3 nitrogen and oxygen atoms in total. The molecule has 16 heavy (non-hydrogen) atoms. The zero-order chi connectivity index (χ0) is 10.6. The highest BCUT2D eigenvalue weighted by molar-refractivity contribution is 5.52. The highest BCUT2D eigenvalue weighted by Gasteiger charge is 2.42. The smallest absolute Gasteiger partial charge is 0.231 e. The highest BCUT2D eigenvalue weighted by Crippen LogP contribution is 2.48. The van der Waals surface area contributed by atoms with Crippen LogP contribution in [0.4, 0.5) is 0 Å². The normalized spacial score (nSPS) is 24.0. The Morgan fingerprint density at radius 1 is 1.12 bits per heavy atom. The van der Waals surface area contributed by atoms with Crippen LogP contribution >= 0.6 is 0 Å². The van der Waals surface area contributed by atoms with Gasteiger partial charge in [-0.2, -0.15) is 0 Å². The molecule has 0 bridgehead atoms. The molecule has 1 aromatic carbocycles. The van der Waals surface area contributed by atoms with Crippen molar-refractivity contribution in [1.82, 2.24) is 5.32 Å². The molecular formula is C13H15NO2. The average Bonchev–Trinajstić information content (AvgIpc) is 2.69. The molecule has 0 saturated heterocycles.